The molecule has 0 unspecified atom stereocenters. The van der Waals surface area contributed by atoms with Crippen molar-refractivity contribution in [2.75, 3.05) is 12.3 Å². The van der Waals surface area contributed by atoms with Crippen LogP contribution in [-0.2, 0) is 17.1 Å². The zero-order valence-electron chi connectivity index (χ0n) is 13.4. The number of carbonyl (C=O) groups is 1. The van der Waals surface area contributed by atoms with Crippen LogP contribution < -0.4 is 11.1 Å². The lowest BCUT2D eigenvalue weighted by Crippen LogP contribution is -2.28. The van der Waals surface area contributed by atoms with Crippen LogP contribution in [0.5, 0.6) is 0 Å². The molecule has 0 aliphatic carbocycles. The van der Waals surface area contributed by atoms with Gasteiger partial charge < -0.3 is 9.73 Å². The third-order valence-electron chi connectivity index (χ3n) is 3.58. The number of halogens is 1. The van der Waals surface area contributed by atoms with E-state index in [0.29, 0.717) is 18.7 Å². The predicted molar refractivity (Wildman–Crippen MR) is 106 cm³/mol. The van der Waals surface area contributed by atoms with Crippen LogP contribution in [0.15, 0.2) is 49.4 Å². The lowest BCUT2D eigenvalue weighted by atomic mass is 10.3. The predicted octanol–water partition coefficient (Wildman–Crippen LogP) is 3.86. The molecule has 2 aromatic heterocycles. The molecule has 1 N–H and O–H groups in total. The molecule has 0 bridgehead atoms. The van der Waals surface area contributed by atoms with Gasteiger partial charge in [-0.15, -0.1) is 11.3 Å². The fourth-order valence-corrected chi connectivity index (χ4v) is 4.84. The van der Waals surface area contributed by atoms with Gasteiger partial charge in [-0.05, 0) is 40.2 Å². The quantitative estimate of drug-likeness (QED) is 0.540. The molecule has 0 saturated carbocycles. The Morgan fingerprint density at radius 2 is 2.12 bits per heavy atom. The second kappa shape index (κ2) is 8.73. The van der Waals surface area contributed by atoms with E-state index in [-0.39, 0.29) is 12.3 Å². The van der Waals surface area contributed by atoms with Crippen molar-refractivity contribution >= 4 is 56.0 Å². The van der Waals surface area contributed by atoms with Crippen molar-refractivity contribution in [1.82, 2.24) is 9.88 Å². The van der Waals surface area contributed by atoms with Crippen LogP contribution in [0.25, 0.3) is 11.1 Å². The third kappa shape index (κ3) is 4.99. The molecule has 132 valence electrons. The van der Waals surface area contributed by atoms with Gasteiger partial charge in [-0.2, -0.15) is 11.8 Å². The fraction of sp³-hybridized carbons (Fsp3) is 0.294. The van der Waals surface area contributed by atoms with Crippen molar-refractivity contribution in [1.29, 1.82) is 0 Å². The summed E-state index contributed by atoms with van der Waals surface area (Å²) < 4.78 is 7.79. The van der Waals surface area contributed by atoms with Gasteiger partial charge in [0, 0.05) is 35.9 Å². The van der Waals surface area contributed by atoms with E-state index in [1.54, 1.807) is 29.2 Å². The van der Waals surface area contributed by atoms with Crippen LogP contribution in [0, 0.1) is 0 Å². The van der Waals surface area contributed by atoms with Crippen molar-refractivity contribution in [3.05, 3.63) is 55.6 Å². The van der Waals surface area contributed by atoms with Crippen LogP contribution >= 0.6 is 39.0 Å². The summed E-state index contributed by atoms with van der Waals surface area (Å²) in [4.78, 5) is 25.1. The number of amides is 1. The van der Waals surface area contributed by atoms with Crippen molar-refractivity contribution in [2.24, 2.45) is 0 Å². The number of carbonyl (C=O) groups excluding carboxylic acids is 1. The van der Waals surface area contributed by atoms with E-state index in [4.69, 9.17) is 4.42 Å². The van der Waals surface area contributed by atoms with Gasteiger partial charge in [-0.25, -0.2) is 4.79 Å². The molecular weight excluding hydrogens is 424 g/mol. The summed E-state index contributed by atoms with van der Waals surface area (Å²) in [5.74, 6) is 1.32. The van der Waals surface area contributed by atoms with E-state index in [1.165, 1.54) is 9.44 Å². The van der Waals surface area contributed by atoms with E-state index in [2.05, 4.69) is 27.3 Å². The Morgan fingerprint density at radius 3 is 2.92 bits per heavy atom. The number of hydrogen-bond acceptors (Lipinski definition) is 5. The smallest absolute Gasteiger partial charge is 0.408 e. The minimum absolute atomic E-state index is 0.0587. The van der Waals surface area contributed by atoms with Crippen LogP contribution in [0.3, 0.4) is 0 Å². The number of nitrogens with zero attached hydrogens (tertiary/aromatic N) is 1. The summed E-state index contributed by atoms with van der Waals surface area (Å²) in [7, 11) is 0. The molecule has 2 heterocycles. The maximum absolute atomic E-state index is 12.0. The Morgan fingerprint density at radius 1 is 1.28 bits per heavy atom. The number of rotatable bonds is 8. The fourth-order valence-electron chi connectivity index (χ4n) is 2.39. The summed E-state index contributed by atoms with van der Waals surface area (Å²) in [5, 5.41) is 2.89. The van der Waals surface area contributed by atoms with E-state index in [1.807, 2.05) is 24.3 Å². The Labute approximate surface area is 161 Å². The van der Waals surface area contributed by atoms with Gasteiger partial charge >= 0.3 is 5.76 Å². The molecule has 8 heteroatoms. The van der Waals surface area contributed by atoms with Crippen LogP contribution in [0.1, 0.15) is 11.3 Å². The van der Waals surface area contributed by atoms with E-state index in [9.17, 15) is 9.59 Å². The van der Waals surface area contributed by atoms with Gasteiger partial charge in [0.1, 0.15) is 0 Å². The number of hydrogen-bond donors (Lipinski definition) is 1. The molecule has 1 aromatic carbocycles. The summed E-state index contributed by atoms with van der Waals surface area (Å²) >= 11 is 6.96. The van der Waals surface area contributed by atoms with Gasteiger partial charge in [0.25, 0.3) is 0 Å². The topological polar surface area (TPSA) is 64.2 Å². The van der Waals surface area contributed by atoms with Crippen molar-refractivity contribution < 1.29 is 9.21 Å². The zero-order chi connectivity index (χ0) is 17.6. The molecule has 0 spiro atoms. The van der Waals surface area contributed by atoms with Gasteiger partial charge in [0.05, 0.1) is 9.30 Å². The van der Waals surface area contributed by atoms with E-state index >= 15 is 0 Å². The molecule has 0 aliphatic rings. The number of aromatic nitrogens is 1. The number of benzene rings is 1. The maximum Gasteiger partial charge on any atom is 0.419 e. The first-order valence-corrected chi connectivity index (χ1v) is 10.6. The highest BCUT2D eigenvalue weighted by molar-refractivity contribution is 9.11. The van der Waals surface area contributed by atoms with Gasteiger partial charge in [-0.3, -0.25) is 9.36 Å². The Balaban J connectivity index is 1.39. The monoisotopic (exact) mass is 440 g/mol. The zero-order valence-corrected chi connectivity index (χ0v) is 16.6. The molecule has 1 amide bonds. The summed E-state index contributed by atoms with van der Waals surface area (Å²) in [5.41, 5.74) is 1.27. The van der Waals surface area contributed by atoms with Crippen LogP contribution in [-0.4, -0.2) is 22.8 Å². The molecule has 0 atom stereocenters. The minimum Gasteiger partial charge on any atom is -0.408 e. The Hall–Kier alpha value is -1.51. The molecule has 0 radical (unpaired) electrons. The molecular formula is C17H17BrN2O3S2. The highest BCUT2D eigenvalue weighted by atomic mass is 79.9. The second-order valence-corrected chi connectivity index (χ2v) is 9.00. The number of para-hydroxylation sites is 2. The molecule has 25 heavy (non-hydrogen) atoms. The van der Waals surface area contributed by atoms with Crippen molar-refractivity contribution in [2.45, 2.75) is 18.7 Å². The Bertz CT molecular complexity index is 916. The molecule has 0 saturated heterocycles. The summed E-state index contributed by atoms with van der Waals surface area (Å²) in [6, 6.07) is 11.4. The summed E-state index contributed by atoms with van der Waals surface area (Å²) in [6.07, 6.45) is 0.256. The normalized spacial score (nSPS) is 11.1. The van der Waals surface area contributed by atoms with Crippen molar-refractivity contribution in [3.8, 4) is 0 Å². The number of fused-ring (bicyclic) bond motifs is 1. The van der Waals surface area contributed by atoms with E-state index in [0.717, 1.165) is 20.8 Å². The largest absolute Gasteiger partial charge is 0.419 e. The van der Waals surface area contributed by atoms with Crippen LogP contribution in [0.2, 0.25) is 0 Å². The van der Waals surface area contributed by atoms with Gasteiger partial charge in [0.15, 0.2) is 5.58 Å². The van der Waals surface area contributed by atoms with E-state index < -0.39 is 5.76 Å². The van der Waals surface area contributed by atoms with Crippen LogP contribution in [0.4, 0.5) is 0 Å². The van der Waals surface area contributed by atoms with Gasteiger partial charge in [-0.1, -0.05) is 12.1 Å². The first-order chi connectivity index (χ1) is 12.1. The lowest BCUT2D eigenvalue weighted by molar-refractivity contribution is -0.121. The third-order valence-corrected chi connectivity index (χ3v) is 6.39. The SMILES string of the molecule is O=C(CCn1c(=O)oc2ccccc21)NCCSCc1ccc(Br)s1. The highest BCUT2D eigenvalue weighted by Crippen LogP contribution is 2.25. The lowest BCUT2D eigenvalue weighted by Gasteiger charge is -2.05. The first kappa shape index (κ1) is 18.3. The number of thiophene rings is 1. The highest BCUT2D eigenvalue weighted by Gasteiger charge is 2.10. The molecule has 0 fully saturated rings. The van der Waals surface area contributed by atoms with Crippen molar-refractivity contribution in [3.63, 3.8) is 0 Å². The molecule has 5 nitrogen and oxygen atoms in total. The summed E-state index contributed by atoms with van der Waals surface area (Å²) in [6.45, 7) is 0.940. The number of aryl methyl sites for hydroxylation is 1. The first-order valence-electron chi connectivity index (χ1n) is 7.80. The van der Waals surface area contributed by atoms with Gasteiger partial charge in [0.2, 0.25) is 5.91 Å². The molecule has 3 rings (SSSR count). The number of oxazole rings is 1. The maximum atomic E-state index is 12.0. The average Bonchev–Trinajstić information content (AvgIpc) is 3.15. The number of nitrogens with one attached hydrogen (secondary N) is 1. The standard InChI is InChI=1S/C17H17BrN2O3S2/c18-15-6-5-12(25-15)11-24-10-8-19-16(21)7-9-20-13-3-1-2-4-14(13)23-17(20)22/h1-6H,7-11H2,(H,19,21). The average molecular weight is 441 g/mol. The number of thioether (sulfide) groups is 1. The molecule has 3 aromatic rings. The minimum atomic E-state index is -0.424. The second-order valence-electron chi connectivity index (χ2n) is 5.35. The molecule has 0 aliphatic heterocycles. The Kier molecular flexibility index (Phi) is 6.39.